The quantitative estimate of drug-likeness (QED) is 0.692. The molecule has 1 fully saturated rings. The number of nitrogens with one attached hydrogen (secondary N) is 1. The van der Waals surface area contributed by atoms with Gasteiger partial charge in [0.25, 0.3) is 0 Å². The van der Waals surface area contributed by atoms with Crippen LogP contribution in [0.2, 0.25) is 0 Å². The van der Waals surface area contributed by atoms with Crippen molar-refractivity contribution in [2.45, 2.75) is 25.8 Å². The van der Waals surface area contributed by atoms with E-state index in [-0.39, 0.29) is 0 Å². The third-order valence-electron chi connectivity index (χ3n) is 2.86. The number of rotatable bonds is 1. The molecule has 1 aromatic rings. The number of hydrogen-bond donors (Lipinski definition) is 1. The Labute approximate surface area is 80.2 Å². The Kier molecular flexibility index (Phi) is 2.65. The van der Waals surface area contributed by atoms with Crippen LogP contribution in [-0.4, -0.2) is 6.54 Å². The third kappa shape index (κ3) is 2.10. The van der Waals surface area contributed by atoms with Gasteiger partial charge in [-0.3, -0.25) is 0 Å². The van der Waals surface area contributed by atoms with Crippen molar-refractivity contribution in [2.24, 2.45) is 5.92 Å². The molecule has 1 saturated heterocycles. The van der Waals surface area contributed by atoms with Gasteiger partial charge in [-0.1, -0.05) is 37.3 Å². The molecule has 70 valence electrons. The molecule has 1 heteroatoms. The first-order valence-corrected chi connectivity index (χ1v) is 5.14. The third-order valence-corrected chi connectivity index (χ3v) is 2.86. The molecular weight excluding hydrogens is 158 g/mol. The summed E-state index contributed by atoms with van der Waals surface area (Å²) in [6, 6.07) is 11.3. The number of piperidine rings is 1. The topological polar surface area (TPSA) is 12.0 Å². The maximum atomic E-state index is 3.59. The molecule has 0 amide bonds. The van der Waals surface area contributed by atoms with Gasteiger partial charge in [0, 0.05) is 6.04 Å². The summed E-state index contributed by atoms with van der Waals surface area (Å²) in [6.07, 6.45) is 2.64. The van der Waals surface area contributed by atoms with Crippen LogP contribution in [0.5, 0.6) is 0 Å². The Hall–Kier alpha value is -0.820. The average molecular weight is 175 g/mol. The minimum atomic E-state index is 0.595. The molecule has 1 heterocycles. The summed E-state index contributed by atoms with van der Waals surface area (Å²) in [4.78, 5) is 0. The normalized spacial score (nSPS) is 28.7. The van der Waals surface area contributed by atoms with Crippen LogP contribution in [0.3, 0.4) is 0 Å². The highest BCUT2D eigenvalue weighted by Crippen LogP contribution is 2.24. The fourth-order valence-corrected chi connectivity index (χ4v) is 1.97. The predicted octanol–water partition coefficient (Wildman–Crippen LogP) is 2.75. The van der Waals surface area contributed by atoms with Gasteiger partial charge in [-0.25, -0.2) is 0 Å². The fourth-order valence-electron chi connectivity index (χ4n) is 1.97. The molecule has 2 atom stereocenters. The second-order valence-electron chi connectivity index (χ2n) is 4.05. The van der Waals surface area contributed by atoms with Gasteiger partial charge < -0.3 is 5.32 Å². The lowest BCUT2D eigenvalue weighted by Crippen LogP contribution is -2.31. The monoisotopic (exact) mass is 175 g/mol. The van der Waals surface area contributed by atoms with Crippen molar-refractivity contribution in [1.82, 2.24) is 5.32 Å². The van der Waals surface area contributed by atoms with E-state index in [9.17, 15) is 0 Å². The Morgan fingerprint density at radius 3 is 2.54 bits per heavy atom. The molecule has 1 aromatic carbocycles. The number of benzene rings is 1. The van der Waals surface area contributed by atoms with E-state index in [4.69, 9.17) is 0 Å². The van der Waals surface area contributed by atoms with Crippen LogP contribution in [0.4, 0.5) is 0 Å². The lowest BCUT2D eigenvalue weighted by Gasteiger charge is -2.28. The second-order valence-corrected chi connectivity index (χ2v) is 4.05. The van der Waals surface area contributed by atoms with Crippen LogP contribution in [0, 0.1) is 5.92 Å². The first-order chi connectivity index (χ1) is 6.36. The van der Waals surface area contributed by atoms with Gasteiger partial charge >= 0.3 is 0 Å². The predicted molar refractivity (Wildman–Crippen MR) is 55.6 cm³/mol. The molecule has 13 heavy (non-hydrogen) atoms. The Balaban J connectivity index is 2.03. The van der Waals surface area contributed by atoms with E-state index in [1.807, 2.05) is 0 Å². The van der Waals surface area contributed by atoms with E-state index in [2.05, 4.69) is 42.6 Å². The molecule has 2 unspecified atom stereocenters. The van der Waals surface area contributed by atoms with Crippen LogP contribution in [0.25, 0.3) is 0 Å². The van der Waals surface area contributed by atoms with Crippen LogP contribution >= 0.6 is 0 Å². The Bertz CT molecular complexity index is 247. The van der Waals surface area contributed by atoms with Crippen LogP contribution in [0.1, 0.15) is 31.4 Å². The van der Waals surface area contributed by atoms with E-state index in [0.717, 1.165) is 5.92 Å². The summed E-state index contributed by atoms with van der Waals surface area (Å²) in [6.45, 7) is 3.48. The van der Waals surface area contributed by atoms with Gasteiger partial charge in [0.2, 0.25) is 0 Å². The molecule has 1 aliphatic rings. The number of hydrogen-bond acceptors (Lipinski definition) is 1. The standard InChI is InChI=1S/C12H17N/c1-10-7-8-12(13-9-10)11-5-3-2-4-6-11/h2-6,10,12-13H,7-9H2,1H3. The van der Waals surface area contributed by atoms with Crippen molar-refractivity contribution in [1.29, 1.82) is 0 Å². The molecule has 0 bridgehead atoms. The van der Waals surface area contributed by atoms with Gasteiger partial charge in [-0.15, -0.1) is 0 Å². The molecule has 0 saturated carbocycles. The maximum absolute atomic E-state index is 3.59. The van der Waals surface area contributed by atoms with Crippen molar-refractivity contribution in [3.8, 4) is 0 Å². The lowest BCUT2D eigenvalue weighted by molar-refractivity contribution is 0.333. The van der Waals surface area contributed by atoms with Crippen LogP contribution in [-0.2, 0) is 0 Å². The largest absolute Gasteiger partial charge is 0.310 e. The summed E-state index contributed by atoms with van der Waals surface area (Å²) in [5, 5.41) is 3.59. The first-order valence-electron chi connectivity index (χ1n) is 5.14. The minimum Gasteiger partial charge on any atom is -0.310 e. The molecule has 0 aliphatic carbocycles. The molecule has 0 spiro atoms. The van der Waals surface area contributed by atoms with Crippen molar-refractivity contribution >= 4 is 0 Å². The average Bonchev–Trinajstić information content (AvgIpc) is 2.20. The van der Waals surface area contributed by atoms with Crippen molar-refractivity contribution in [3.63, 3.8) is 0 Å². The Morgan fingerprint density at radius 2 is 1.92 bits per heavy atom. The van der Waals surface area contributed by atoms with Crippen molar-refractivity contribution < 1.29 is 0 Å². The first kappa shape index (κ1) is 8.76. The highest BCUT2D eigenvalue weighted by Gasteiger charge is 2.17. The molecule has 2 rings (SSSR count). The van der Waals surface area contributed by atoms with Gasteiger partial charge in [-0.2, -0.15) is 0 Å². The molecule has 0 radical (unpaired) electrons. The zero-order valence-corrected chi connectivity index (χ0v) is 8.16. The highest BCUT2D eigenvalue weighted by atomic mass is 14.9. The Morgan fingerprint density at radius 1 is 1.15 bits per heavy atom. The molecule has 1 aliphatic heterocycles. The smallest absolute Gasteiger partial charge is 0.0320 e. The zero-order valence-electron chi connectivity index (χ0n) is 8.16. The van der Waals surface area contributed by atoms with Gasteiger partial charge in [0.15, 0.2) is 0 Å². The fraction of sp³-hybridized carbons (Fsp3) is 0.500. The van der Waals surface area contributed by atoms with Gasteiger partial charge in [-0.05, 0) is 30.9 Å². The maximum Gasteiger partial charge on any atom is 0.0320 e. The summed E-state index contributed by atoms with van der Waals surface area (Å²) in [7, 11) is 0. The van der Waals surface area contributed by atoms with Crippen molar-refractivity contribution in [2.75, 3.05) is 6.54 Å². The lowest BCUT2D eigenvalue weighted by atomic mass is 9.92. The SMILES string of the molecule is CC1CCC(c2ccccc2)NC1. The molecule has 1 nitrogen and oxygen atoms in total. The van der Waals surface area contributed by atoms with E-state index in [0.29, 0.717) is 6.04 Å². The second kappa shape index (κ2) is 3.93. The van der Waals surface area contributed by atoms with Crippen LogP contribution in [0.15, 0.2) is 30.3 Å². The summed E-state index contributed by atoms with van der Waals surface area (Å²) in [5.41, 5.74) is 1.44. The van der Waals surface area contributed by atoms with E-state index >= 15 is 0 Å². The van der Waals surface area contributed by atoms with E-state index in [1.54, 1.807) is 0 Å². The summed E-state index contributed by atoms with van der Waals surface area (Å²) >= 11 is 0. The minimum absolute atomic E-state index is 0.595. The van der Waals surface area contributed by atoms with E-state index < -0.39 is 0 Å². The van der Waals surface area contributed by atoms with E-state index in [1.165, 1.54) is 24.9 Å². The summed E-state index contributed by atoms with van der Waals surface area (Å²) in [5.74, 6) is 0.847. The van der Waals surface area contributed by atoms with Gasteiger partial charge in [0.1, 0.15) is 0 Å². The molecular formula is C12H17N. The van der Waals surface area contributed by atoms with Gasteiger partial charge in [0.05, 0.1) is 0 Å². The molecule has 1 N–H and O–H groups in total. The highest BCUT2D eigenvalue weighted by molar-refractivity contribution is 5.19. The van der Waals surface area contributed by atoms with Crippen molar-refractivity contribution in [3.05, 3.63) is 35.9 Å². The summed E-state index contributed by atoms with van der Waals surface area (Å²) < 4.78 is 0. The zero-order chi connectivity index (χ0) is 9.10. The molecule has 0 aromatic heterocycles. The van der Waals surface area contributed by atoms with Crippen LogP contribution < -0.4 is 5.32 Å².